The number of halogens is 3. The molecule has 3 saturated heterocycles. The molecule has 0 aliphatic carbocycles. The van der Waals surface area contributed by atoms with E-state index in [2.05, 4.69) is 15.3 Å². The lowest BCUT2D eigenvalue weighted by atomic mass is 9.81. The Kier molecular flexibility index (Phi) is 7.92. The van der Waals surface area contributed by atoms with Crippen molar-refractivity contribution < 1.29 is 23.1 Å². The van der Waals surface area contributed by atoms with Gasteiger partial charge in [0.1, 0.15) is 11.6 Å². The van der Waals surface area contributed by atoms with Gasteiger partial charge >= 0.3 is 12.2 Å². The number of hydrogen-bond donors (Lipinski definition) is 2. The van der Waals surface area contributed by atoms with E-state index in [0.29, 0.717) is 50.3 Å². The number of rotatable bonds is 6. The summed E-state index contributed by atoms with van der Waals surface area (Å²) < 4.78 is 40.3. The molecule has 3 aliphatic heterocycles. The number of nitrogens with zero attached hydrogens (tertiary/aromatic N) is 5. The fourth-order valence-electron chi connectivity index (χ4n) is 5.17. The number of anilines is 2. The minimum absolute atomic E-state index is 0.0578. The molecule has 8 nitrogen and oxygen atoms in total. The van der Waals surface area contributed by atoms with Gasteiger partial charge in [0.05, 0.1) is 0 Å². The Balaban J connectivity index is 1.26. The van der Waals surface area contributed by atoms with Crippen molar-refractivity contribution in [3.63, 3.8) is 0 Å². The van der Waals surface area contributed by atoms with Crippen molar-refractivity contribution in [2.45, 2.75) is 58.0 Å². The normalized spacial score (nSPS) is 21.5. The van der Waals surface area contributed by atoms with Gasteiger partial charge < -0.3 is 25.1 Å². The fraction of sp³-hybridized carbons (Fsp3) is 0.792. The molecule has 3 aliphatic rings. The highest BCUT2D eigenvalue weighted by atomic mass is 19.4. The monoisotopic (exact) mass is 498 g/mol. The van der Waals surface area contributed by atoms with Gasteiger partial charge in [0, 0.05) is 58.5 Å². The summed E-state index contributed by atoms with van der Waals surface area (Å²) in [7, 11) is 0. The molecule has 2 N–H and O–H groups in total. The Morgan fingerprint density at radius 1 is 1.06 bits per heavy atom. The van der Waals surface area contributed by atoms with E-state index in [9.17, 15) is 23.1 Å². The smallest absolute Gasteiger partial charge is 0.396 e. The maximum absolute atomic E-state index is 13.4. The number of hydrogen-bond acceptors (Lipinski definition) is 6. The Labute approximate surface area is 204 Å². The van der Waals surface area contributed by atoms with E-state index in [-0.39, 0.29) is 18.1 Å². The van der Waals surface area contributed by atoms with Gasteiger partial charge in [-0.2, -0.15) is 13.2 Å². The molecule has 0 bridgehead atoms. The SMILES string of the molecule is CC1(CO)CCN(C(=O)NCCC2CCN(c3cc(N4CCCC4)nc(C(F)(F)F)n3)CC2)CC1. The fourth-order valence-corrected chi connectivity index (χ4v) is 5.17. The van der Waals surface area contributed by atoms with Crippen LogP contribution in [0.25, 0.3) is 0 Å². The lowest BCUT2D eigenvalue weighted by molar-refractivity contribution is -0.144. The molecule has 4 rings (SSSR count). The summed E-state index contributed by atoms with van der Waals surface area (Å²) in [6.07, 6.45) is 1.48. The zero-order valence-corrected chi connectivity index (χ0v) is 20.5. The number of amides is 2. The zero-order chi connectivity index (χ0) is 25.1. The Bertz CT molecular complexity index is 861. The Morgan fingerprint density at radius 2 is 1.63 bits per heavy atom. The van der Waals surface area contributed by atoms with Gasteiger partial charge in [-0.05, 0) is 56.3 Å². The first kappa shape index (κ1) is 25.8. The topological polar surface area (TPSA) is 84.8 Å². The van der Waals surface area contributed by atoms with Crippen LogP contribution in [0.15, 0.2) is 6.07 Å². The van der Waals surface area contributed by atoms with Crippen molar-refractivity contribution in [3.8, 4) is 0 Å². The molecule has 0 atom stereocenters. The highest BCUT2D eigenvalue weighted by Crippen LogP contribution is 2.33. The molecule has 35 heavy (non-hydrogen) atoms. The quantitative estimate of drug-likeness (QED) is 0.625. The first-order chi connectivity index (χ1) is 16.7. The summed E-state index contributed by atoms with van der Waals surface area (Å²) in [4.78, 5) is 25.8. The Morgan fingerprint density at radius 3 is 2.17 bits per heavy atom. The second kappa shape index (κ2) is 10.8. The summed E-state index contributed by atoms with van der Waals surface area (Å²) >= 11 is 0. The second-order valence-electron chi connectivity index (χ2n) is 10.5. The number of carbonyl (C=O) groups is 1. The van der Waals surface area contributed by atoms with Gasteiger partial charge in [0.2, 0.25) is 5.82 Å². The molecule has 2 amide bonds. The van der Waals surface area contributed by atoms with Crippen molar-refractivity contribution >= 4 is 17.7 Å². The van der Waals surface area contributed by atoms with Crippen molar-refractivity contribution in [3.05, 3.63) is 11.9 Å². The number of aliphatic hydroxyl groups excluding tert-OH is 1. The van der Waals surface area contributed by atoms with Gasteiger partial charge in [-0.1, -0.05) is 6.92 Å². The largest absolute Gasteiger partial charge is 0.451 e. The number of nitrogens with one attached hydrogen (secondary N) is 1. The van der Waals surface area contributed by atoms with E-state index >= 15 is 0 Å². The molecule has 196 valence electrons. The average molecular weight is 499 g/mol. The summed E-state index contributed by atoms with van der Waals surface area (Å²) in [5.41, 5.74) is -0.0927. The third kappa shape index (κ3) is 6.48. The van der Waals surface area contributed by atoms with E-state index in [1.807, 2.05) is 21.6 Å². The maximum Gasteiger partial charge on any atom is 0.451 e. The van der Waals surface area contributed by atoms with E-state index in [1.165, 1.54) is 0 Å². The van der Waals surface area contributed by atoms with Crippen LogP contribution in [0.1, 0.15) is 57.7 Å². The minimum atomic E-state index is -4.58. The van der Waals surface area contributed by atoms with E-state index in [1.54, 1.807) is 6.07 Å². The van der Waals surface area contributed by atoms with Gasteiger partial charge in [0.25, 0.3) is 0 Å². The predicted molar refractivity (Wildman–Crippen MR) is 127 cm³/mol. The standard InChI is InChI=1S/C24H37F3N6O2/c1-23(17-34)7-14-33(15-8-23)22(35)28-9-4-18-5-12-32(13-6-18)20-16-19(31-10-2-3-11-31)29-21(30-20)24(25,26)27/h16,18,34H,2-15,17H2,1H3,(H,28,35). The van der Waals surface area contributed by atoms with Crippen LogP contribution < -0.4 is 15.1 Å². The number of urea groups is 1. The number of alkyl halides is 3. The molecule has 0 aromatic carbocycles. The van der Waals surface area contributed by atoms with Gasteiger partial charge in [-0.25, -0.2) is 14.8 Å². The molecule has 1 aromatic heterocycles. The molecule has 0 spiro atoms. The van der Waals surface area contributed by atoms with Gasteiger partial charge in [-0.3, -0.25) is 0 Å². The van der Waals surface area contributed by atoms with Crippen molar-refractivity contribution in [2.75, 3.05) is 62.2 Å². The first-order valence-corrected chi connectivity index (χ1v) is 12.8. The molecule has 0 saturated carbocycles. The number of piperidine rings is 2. The van der Waals surface area contributed by atoms with Crippen LogP contribution in [-0.4, -0.2) is 78.4 Å². The highest BCUT2D eigenvalue weighted by Gasteiger charge is 2.37. The number of carbonyl (C=O) groups excluding carboxylic acids is 1. The van der Waals surface area contributed by atoms with Crippen LogP contribution in [0.5, 0.6) is 0 Å². The van der Waals surface area contributed by atoms with E-state index in [0.717, 1.165) is 58.0 Å². The summed E-state index contributed by atoms with van der Waals surface area (Å²) in [6.45, 7) is 6.80. The molecule has 11 heteroatoms. The average Bonchev–Trinajstić information content (AvgIpc) is 3.39. The number of likely N-dealkylation sites (tertiary alicyclic amines) is 1. The molecule has 4 heterocycles. The van der Waals surface area contributed by atoms with Crippen LogP contribution in [-0.2, 0) is 6.18 Å². The van der Waals surface area contributed by atoms with Crippen LogP contribution >= 0.6 is 0 Å². The second-order valence-corrected chi connectivity index (χ2v) is 10.5. The van der Waals surface area contributed by atoms with Gasteiger partial charge in [0.15, 0.2) is 0 Å². The first-order valence-electron chi connectivity index (χ1n) is 12.8. The number of aliphatic hydroxyl groups is 1. The summed E-state index contributed by atoms with van der Waals surface area (Å²) in [5, 5.41) is 12.5. The minimum Gasteiger partial charge on any atom is -0.396 e. The van der Waals surface area contributed by atoms with Crippen LogP contribution in [0.2, 0.25) is 0 Å². The predicted octanol–water partition coefficient (Wildman–Crippen LogP) is 3.51. The van der Waals surface area contributed by atoms with Gasteiger partial charge in [-0.15, -0.1) is 0 Å². The molecular weight excluding hydrogens is 461 g/mol. The van der Waals surface area contributed by atoms with Crippen molar-refractivity contribution in [1.29, 1.82) is 0 Å². The lowest BCUT2D eigenvalue weighted by Crippen LogP contribution is -2.48. The van der Waals surface area contributed by atoms with Crippen LogP contribution in [0, 0.1) is 11.3 Å². The van der Waals surface area contributed by atoms with Crippen LogP contribution in [0.3, 0.4) is 0 Å². The molecule has 0 unspecified atom stereocenters. The summed E-state index contributed by atoms with van der Waals surface area (Å²) in [6, 6.07) is 1.64. The van der Waals surface area contributed by atoms with E-state index < -0.39 is 12.0 Å². The molecule has 1 aromatic rings. The van der Waals surface area contributed by atoms with Crippen LogP contribution in [0.4, 0.5) is 29.6 Å². The van der Waals surface area contributed by atoms with E-state index in [4.69, 9.17) is 0 Å². The third-order valence-electron chi connectivity index (χ3n) is 7.79. The maximum atomic E-state index is 13.4. The zero-order valence-electron chi connectivity index (χ0n) is 20.5. The molecule has 3 fully saturated rings. The number of aromatic nitrogens is 2. The molecule has 0 radical (unpaired) electrons. The molecular formula is C24H37F3N6O2. The Hall–Kier alpha value is -2.30. The lowest BCUT2D eigenvalue weighted by Gasteiger charge is -2.38. The summed E-state index contributed by atoms with van der Waals surface area (Å²) in [5.74, 6) is 0.0500. The third-order valence-corrected chi connectivity index (χ3v) is 7.79. The van der Waals surface area contributed by atoms with Crippen molar-refractivity contribution in [1.82, 2.24) is 20.2 Å². The highest BCUT2D eigenvalue weighted by molar-refractivity contribution is 5.74. The van der Waals surface area contributed by atoms with Crippen molar-refractivity contribution in [2.24, 2.45) is 11.3 Å².